The largest absolute Gasteiger partial charge is 0.494 e. The summed E-state index contributed by atoms with van der Waals surface area (Å²) in [4.78, 5) is 12.5. The molecule has 0 saturated carbocycles. The van der Waals surface area contributed by atoms with Gasteiger partial charge in [-0.05, 0) is 31.0 Å². The van der Waals surface area contributed by atoms with E-state index >= 15 is 0 Å². The number of carbonyl (C=O) groups excluding carboxylic acids is 1. The van der Waals surface area contributed by atoms with E-state index < -0.39 is 5.82 Å². The molecule has 0 spiro atoms. The third-order valence-electron chi connectivity index (χ3n) is 4.96. The van der Waals surface area contributed by atoms with Crippen molar-refractivity contribution in [3.8, 4) is 17.1 Å². The van der Waals surface area contributed by atoms with Crippen molar-refractivity contribution in [3.63, 3.8) is 0 Å². The summed E-state index contributed by atoms with van der Waals surface area (Å²) in [5.41, 5.74) is 1.19. The van der Waals surface area contributed by atoms with E-state index in [2.05, 4.69) is 25.2 Å². The van der Waals surface area contributed by atoms with Crippen LogP contribution in [0, 0.1) is 5.82 Å². The van der Waals surface area contributed by atoms with Crippen LogP contribution in [0.1, 0.15) is 29.0 Å². The van der Waals surface area contributed by atoms with Gasteiger partial charge in [-0.15, -0.1) is 10.2 Å². The summed E-state index contributed by atoms with van der Waals surface area (Å²) in [5.74, 6) is 0.949. The SMILES string of the molecule is COc1ccc(C(=O)NC2CCc3nnc(-c4cnn(C)c4)n3CC2)cc1F. The molecule has 4 rings (SSSR count). The van der Waals surface area contributed by atoms with Gasteiger partial charge in [0.25, 0.3) is 5.91 Å². The normalized spacial score (nSPS) is 16.3. The Bertz CT molecular complexity index is 1010. The first-order valence-corrected chi connectivity index (χ1v) is 9.10. The van der Waals surface area contributed by atoms with Gasteiger partial charge in [-0.3, -0.25) is 9.48 Å². The molecule has 2 aromatic heterocycles. The summed E-state index contributed by atoms with van der Waals surface area (Å²) in [7, 11) is 3.25. The van der Waals surface area contributed by atoms with Crippen molar-refractivity contribution >= 4 is 5.91 Å². The zero-order valence-electron chi connectivity index (χ0n) is 15.7. The first kappa shape index (κ1) is 18.1. The Labute approximate surface area is 161 Å². The summed E-state index contributed by atoms with van der Waals surface area (Å²) in [6, 6.07) is 4.18. The van der Waals surface area contributed by atoms with Crippen LogP contribution in [0.2, 0.25) is 0 Å². The summed E-state index contributed by atoms with van der Waals surface area (Å²) < 4.78 is 22.6. The van der Waals surface area contributed by atoms with Gasteiger partial charge in [0, 0.05) is 37.8 Å². The molecule has 28 heavy (non-hydrogen) atoms. The van der Waals surface area contributed by atoms with E-state index in [0.717, 1.165) is 30.1 Å². The number of methoxy groups -OCH3 is 1. The fourth-order valence-electron chi connectivity index (χ4n) is 3.46. The molecule has 1 unspecified atom stereocenters. The maximum absolute atomic E-state index is 13.9. The fraction of sp³-hybridized carbons (Fsp3) is 0.368. The predicted octanol–water partition coefficient (Wildman–Crippen LogP) is 1.96. The molecule has 8 nitrogen and oxygen atoms in total. The fourth-order valence-corrected chi connectivity index (χ4v) is 3.46. The zero-order chi connectivity index (χ0) is 19.7. The van der Waals surface area contributed by atoms with Crippen LogP contribution >= 0.6 is 0 Å². The Balaban J connectivity index is 1.45. The number of nitrogens with zero attached hydrogens (tertiary/aromatic N) is 5. The Hall–Kier alpha value is -3.23. The van der Waals surface area contributed by atoms with Gasteiger partial charge in [-0.1, -0.05) is 0 Å². The number of halogens is 1. The number of hydrogen-bond acceptors (Lipinski definition) is 5. The third-order valence-corrected chi connectivity index (χ3v) is 4.96. The molecule has 0 radical (unpaired) electrons. The van der Waals surface area contributed by atoms with Gasteiger partial charge >= 0.3 is 0 Å². The molecule has 1 aliphatic rings. The first-order chi connectivity index (χ1) is 13.5. The van der Waals surface area contributed by atoms with Gasteiger partial charge in [-0.2, -0.15) is 5.10 Å². The van der Waals surface area contributed by atoms with Crippen LogP contribution in [0.5, 0.6) is 5.75 Å². The van der Waals surface area contributed by atoms with Crippen LogP contribution in [0.3, 0.4) is 0 Å². The molecule has 1 amide bonds. The average molecular weight is 384 g/mol. The van der Waals surface area contributed by atoms with Gasteiger partial charge in [-0.25, -0.2) is 4.39 Å². The molecule has 1 aliphatic heterocycles. The van der Waals surface area contributed by atoms with Crippen molar-refractivity contribution in [2.45, 2.75) is 31.8 Å². The number of hydrogen-bond donors (Lipinski definition) is 1. The minimum atomic E-state index is -0.552. The smallest absolute Gasteiger partial charge is 0.251 e. The topological polar surface area (TPSA) is 86.9 Å². The van der Waals surface area contributed by atoms with Crippen LogP contribution < -0.4 is 10.1 Å². The van der Waals surface area contributed by atoms with Gasteiger partial charge in [0.1, 0.15) is 5.82 Å². The second kappa shape index (κ2) is 7.41. The average Bonchev–Trinajstić information content (AvgIpc) is 3.24. The molecule has 9 heteroatoms. The quantitative estimate of drug-likeness (QED) is 0.743. The highest BCUT2D eigenvalue weighted by Crippen LogP contribution is 2.23. The minimum absolute atomic E-state index is 0.0267. The number of aromatic nitrogens is 5. The van der Waals surface area contributed by atoms with Crippen molar-refractivity contribution in [2.75, 3.05) is 7.11 Å². The number of carbonyl (C=O) groups is 1. The molecule has 1 N–H and O–H groups in total. The van der Waals surface area contributed by atoms with Crippen LogP contribution in [-0.2, 0) is 20.0 Å². The summed E-state index contributed by atoms with van der Waals surface area (Å²) in [6.45, 7) is 0.689. The van der Waals surface area contributed by atoms with Crippen LogP contribution in [-0.4, -0.2) is 43.6 Å². The highest BCUT2D eigenvalue weighted by Gasteiger charge is 2.23. The van der Waals surface area contributed by atoms with Gasteiger partial charge in [0.15, 0.2) is 17.4 Å². The maximum Gasteiger partial charge on any atom is 0.251 e. The molecule has 1 atom stereocenters. The zero-order valence-corrected chi connectivity index (χ0v) is 15.7. The first-order valence-electron chi connectivity index (χ1n) is 9.10. The molecule has 146 valence electrons. The Morgan fingerprint density at radius 1 is 1.32 bits per heavy atom. The molecule has 3 heterocycles. The van der Waals surface area contributed by atoms with Crippen molar-refractivity contribution in [3.05, 3.63) is 47.8 Å². The second-order valence-corrected chi connectivity index (χ2v) is 6.84. The number of amides is 1. The highest BCUT2D eigenvalue weighted by atomic mass is 19.1. The number of aryl methyl sites for hydroxylation is 2. The lowest BCUT2D eigenvalue weighted by atomic mass is 10.1. The molecule has 3 aromatic rings. The molecule has 1 aromatic carbocycles. The lowest BCUT2D eigenvalue weighted by Crippen LogP contribution is -2.35. The van der Waals surface area contributed by atoms with Gasteiger partial charge in [0.05, 0.1) is 18.9 Å². The maximum atomic E-state index is 13.9. The standard InChI is InChI=1S/C19H21FN6O2/c1-25-11-13(10-21-25)18-24-23-17-6-4-14(7-8-26(17)18)22-19(27)12-3-5-16(28-2)15(20)9-12/h3,5,9-11,14H,4,6-8H2,1-2H3,(H,22,27). The third kappa shape index (κ3) is 3.47. The van der Waals surface area contributed by atoms with Crippen molar-refractivity contribution in [1.82, 2.24) is 29.9 Å². The van der Waals surface area contributed by atoms with Crippen LogP contribution in [0.4, 0.5) is 4.39 Å². The van der Waals surface area contributed by atoms with Gasteiger partial charge < -0.3 is 14.6 Å². The predicted molar refractivity (Wildman–Crippen MR) is 99.4 cm³/mol. The lowest BCUT2D eigenvalue weighted by molar-refractivity contribution is 0.0932. The molecular formula is C19H21FN6O2. The molecular weight excluding hydrogens is 363 g/mol. The monoisotopic (exact) mass is 384 g/mol. The van der Waals surface area contributed by atoms with Crippen molar-refractivity contribution < 1.29 is 13.9 Å². The Morgan fingerprint density at radius 2 is 2.18 bits per heavy atom. The summed E-state index contributed by atoms with van der Waals surface area (Å²) in [5, 5.41) is 15.8. The molecule has 0 bridgehead atoms. The van der Waals surface area contributed by atoms with Crippen LogP contribution in [0.15, 0.2) is 30.6 Å². The molecule has 0 fully saturated rings. The molecule has 0 saturated heterocycles. The minimum Gasteiger partial charge on any atom is -0.494 e. The number of fused-ring (bicyclic) bond motifs is 1. The Morgan fingerprint density at radius 3 is 2.89 bits per heavy atom. The summed E-state index contributed by atoms with van der Waals surface area (Å²) in [6.07, 6.45) is 5.85. The van der Waals surface area contributed by atoms with Crippen LogP contribution in [0.25, 0.3) is 11.4 Å². The lowest BCUT2D eigenvalue weighted by Gasteiger charge is -2.16. The molecule has 0 aliphatic carbocycles. The summed E-state index contributed by atoms with van der Waals surface area (Å²) >= 11 is 0. The van der Waals surface area contributed by atoms with Gasteiger partial charge in [0.2, 0.25) is 0 Å². The van der Waals surface area contributed by atoms with Crippen molar-refractivity contribution in [1.29, 1.82) is 0 Å². The van der Waals surface area contributed by atoms with Crippen molar-refractivity contribution in [2.24, 2.45) is 7.05 Å². The number of nitrogens with one attached hydrogen (secondary N) is 1. The van der Waals surface area contributed by atoms with E-state index in [1.54, 1.807) is 16.9 Å². The van der Waals surface area contributed by atoms with E-state index in [-0.39, 0.29) is 23.3 Å². The second-order valence-electron chi connectivity index (χ2n) is 6.84. The number of rotatable bonds is 4. The van der Waals surface area contributed by atoms with E-state index in [1.165, 1.54) is 19.2 Å². The number of benzene rings is 1. The number of ether oxygens (including phenoxy) is 1. The highest BCUT2D eigenvalue weighted by molar-refractivity contribution is 5.94. The van der Waals surface area contributed by atoms with E-state index in [1.807, 2.05) is 13.2 Å². The van der Waals surface area contributed by atoms with E-state index in [9.17, 15) is 9.18 Å². The van der Waals surface area contributed by atoms with E-state index in [4.69, 9.17) is 4.74 Å². The van der Waals surface area contributed by atoms with E-state index in [0.29, 0.717) is 13.0 Å². The Kier molecular flexibility index (Phi) is 4.81.